The van der Waals surface area contributed by atoms with E-state index in [1.807, 2.05) is 6.92 Å². The summed E-state index contributed by atoms with van der Waals surface area (Å²) in [5.41, 5.74) is 0. The molecule has 0 aromatic carbocycles. The molecular weight excluding hydrogens is 156 g/mol. The van der Waals surface area contributed by atoms with Crippen molar-refractivity contribution in [3.05, 3.63) is 0 Å². The number of rotatable bonds is 8. The van der Waals surface area contributed by atoms with E-state index in [9.17, 15) is 4.79 Å². The summed E-state index contributed by atoms with van der Waals surface area (Å²) in [4.78, 5) is 11.7. The maximum atomic E-state index is 10.1. The molecule has 12 heavy (non-hydrogen) atoms. The number of hydrogen-bond acceptors (Lipinski definition) is 3. The summed E-state index contributed by atoms with van der Waals surface area (Å²) in [6, 6.07) is 0. The van der Waals surface area contributed by atoms with Crippen molar-refractivity contribution in [1.29, 1.82) is 0 Å². The second kappa shape index (κ2) is 8.49. The molecule has 0 unspecified atom stereocenters. The molecule has 0 spiro atoms. The lowest BCUT2D eigenvalue weighted by atomic mass is 10.5. The standard InChI is InChI=1S/C8H18N2O2/c1-3-12-7-5-9-4-6-10(2)8-11/h8-9H,3-7H2,1-2H3. The molecule has 0 aromatic heterocycles. The quantitative estimate of drug-likeness (QED) is 0.406. The van der Waals surface area contributed by atoms with Crippen LogP contribution < -0.4 is 5.32 Å². The number of carbonyl (C=O) groups excluding carboxylic acids is 1. The Morgan fingerprint density at radius 2 is 2.25 bits per heavy atom. The lowest BCUT2D eigenvalue weighted by Gasteiger charge is -2.10. The second-order valence-electron chi connectivity index (χ2n) is 2.53. The largest absolute Gasteiger partial charge is 0.380 e. The molecule has 0 aliphatic rings. The third kappa shape index (κ3) is 7.50. The number of ether oxygens (including phenoxy) is 1. The molecule has 0 aliphatic carbocycles. The minimum absolute atomic E-state index is 0.737. The molecule has 0 heterocycles. The molecular formula is C8H18N2O2. The predicted octanol–water partition coefficient (Wildman–Crippen LogP) is -0.299. The summed E-state index contributed by atoms with van der Waals surface area (Å²) in [7, 11) is 1.76. The van der Waals surface area contributed by atoms with Crippen LogP contribution >= 0.6 is 0 Å². The zero-order chi connectivity index (χ0) is 9.23. The van der Waals surface area contributed by atoms with Crippen molar-refractivity contribution in [2.45, 2.75) is 6.92 Å². The van der Waals surface area contributed by atoms with E-state index in [4.69, 9.17) is 4.74 Å². The SMILES string of the molecule is CCOCCNCCN(C)C=O. The average molecular weight is 174 g/mol. The van der Waals surface area contributed by atoms with Gasteiger partial charge in [0, 0.05) is 33.3 Å². The summed E-state index contributed by atoms with van der Waals surface area (Å²) in [6.45, 7) is 5.88. The third-order valence-corrected chi connectivity index (χ3v) is 1.45. The molecule has 1 N–H and O–H groups in total. The highest BCUT2D eigenvalue weighted by Crippen LogP contribution is 1.73. The van der Waals surface area contributed by atoms with Crippen LogP contribution in [0.3, 0.4) is 0 Å². The van der Waals surface area contributed by atoms with Crippen molar-refractivity contribution >= 4 is 6.41 Å². The minimum Gasteiger partial charge on any atom is -0.380 e. The van der Waals surface area contributed by atoms with E-state index >= 15 is 0 Å². The van der Waals surface area contributed by atoms with Gasteiger partial charge in [-0.25, -0.2) is 0 Å². The van der Waals surface area contributed by atoms with E-state index < -0.39 is 0 Å². The summed E-state index contributed by atoms with van der Waals surface area (Å²) >= 11 is 0. The molecule has 1 amide bonds. The van der Waals surface area contributed by atoms with Gasteiger partial charge < -0.3 is 15.0 Å². The number of likely N-dealkylation sites (N-methyl/N-ethyl adjacent to an activating group) is 1. The first-order valence-corrected chi connectivity index (χ1v) is 4.25. The lowest BCUT2D eigenvalue weighted by molar-refractivity contribution is -0.116. The van der Waals surface area contributed by atoms with Gasteiger partial charge in [-0.15, -0.1) is 0 Å². The number of amides is 1. The van der Waals surface area contributed by atoms with Crippen molar-refractivity contribution in [1.82, 2.24) is 10.2 Å². The Hall–Kier alpha value is -0.610. The van der Waals surface area contributed by atoms with Gasteiger partial charge >= 0.3 is 0 Å². The van der Waals surface area contributed by atoms with Gasteiger partial charge in [0.1, 0.15) is 0 Å². The van der Waals surface area contributed by atoms with Gasteiger partial charge in [0.05, 0.1) is 6.61 Å². The Morgan fingerprint density at radius 3 is 2.83 bits per heavy atom. The Kier molecular flexibility index (Phi) is 8.05. The highest BCUT2D eigenvalue weighted by atomic mass is 16.5. The van der Waals surface area contributed by atoms with Crippen molar-refractivity contribution in [3.8, 4) is 0 Å². The number of nitrogens with one attached hydrogen (secondary N) is 1. The first kappa shape index (κ1) is 11.4. The fraction of sp³-hybridized carbons (Fsp3) is 0.875. The maximum Gasteiger partial charge on any atom is 0.209 e. The maximum absolute atomic E-state index is 10.1. The number of hydrogen-bond donors (Lipinski definition) is 1. The van der Waals surface area contributed by atoms with Crippen molar-refractivity contribution < 1.29 is 9.53 Å². The lowest BCUT2D eigenvalue weighted by Crippen LogP contribution is -2.30. The molecule has 0 aliphatic heterocycles. The average Bonchev–Trinajstić information content (AvgIpc) is 2.10. The van der Waals surface area contributed by atoms with Gasteiger partial charge in [0.15, 0.2) is 0 Å². The summed E-state index contributed by atoms with van der Waals surface area (Å²) in [6.07, 6.45) is 0.824. The third-order valence-electron chi connectivity index (χ3n) is 1.45. The molecule has 0 aromatic rings. The van der Waals surface area contributed by atoms with Gasteiger partial charge in [-0.1, -0.05) is 0 Å². The molecule has 0 atom stereocenters. The van der Waals surface area contributed by atoms with E-state index in [1.54, 1.807) is 11.9 Å². The molecule has 0 saturated carbocycles. The first-order valence-electron chi connectivity index (χ1n) is 4.25. The minimum atomic E-state index is 0.737. The smallest absolute Gasteiger partial charge is 0.209 e. The van der Waals surface area contributed by atoms with E-state index in [0.717, 1.165) is 39.3 Å². The van der Waals surface area contributed by atoms with E-state index in [-0.39, 0.29) is 0 Å². The first-order chi connectivity index (χ1) is 5.81. The summed E-state index contributed by atoms with van der Waals surface area (Å²) < 4.78 is 5.12. The van der Waals surface area contributed by atoms with Crippen LogP contribution in [-0.2, 0) is 9.53 Å². The molecule has 4 nitrogen and oxygen atoms in total. The molecule has 0 bridgehead atoms. The van der Waals surface area contributed by atoms with Crippen LogP contribution in [0.1, 0.15) is 6.92 Å². The molecule has 0 radical (unpaired) electrons. The van der Waals surface area contributed by atoms with Crippen LogP contribution in [0.2, 0.25) is 0 Å². The topological polar surface area (TPSA) is 41.6 Å². The van der Waals surface area contributed by atoms with Gasteiger partial charge in [-0.3, -0.25) is 4.79 Å². The predicted molar refractivity (Wildman–Crippen MR) is 48.1 cm³/mol. The monoisotopic (exact) mass is 174 g/mol. The summed E-state index contributed by atoms with van der Waals surface area (Å²) in [5.74, 6) is 0. The molecule has 0 fully saturated rings. The fourth-order valence-electron chi connectivity index (χ4n) is 0.722. The van der Waals surface area contributed by atoms with Crippen LogP contribution in [-0.4, -0.2) is 51.2 Å². The number of carbonyl (C=O) groups is 1. The Bertz CT molecular complexity index is 109. The van der Waals surface area contributed by atoms with E-state index in [0.29, 0.717) is 0 Å². The summed E-state index contributed by atoms with van der Waals surface area (Å²) in [5, 5.41) is 3.16. The van der Waals surface area contributed by atoms with Crippen LogP contribution in [0, 0.1) is 0 Å². The Morgan fingerprint density at radius 1 is 1.50 bits per heavy atom. The fourth-order valence-corrected chi connectivity index (χ4v) is 0.722. The van der Waals surface area contributed by atoms with Crippen LogP contribution in [0.25, 0.3) is 0 Å². The Labute approximate surface area is 73.9 Å². The van der Waals surface area contributed by atoms with Crippen LogP contribution in [0.5, 0.6) is 0 Å². The van der Waals surface area contributed by atoms with Gasteiger partial charge in [-0.05, 0) is 6.92 Å². The van der Waals surface area contributed by atoms with E-state index in [2.05, 4.69) is 5.32 Å². The van der Waals surface area contributed by atoms with Gasteiger partial charge in [0.2, 0.25) is 6.41 Å². The van der Waals surface area contributed by atoms with Crippen LogP contribution in [0.15, 0.2) is 0 Å². The van der Waals surface area contributed by atoms with Crippen LogP contribution in [0.4, 0.5) is 0 Å². The zero-order valence-electron chi connectivity index (χ0n) is 7.88. The molecule has 4 heteroatoms. The zero-order valence-corrected chi connectivity index (χ0v) is 7.88. The number of nitrogens with zero attached hydrogens (tertiary/aromatic N) is 1. The van der Waals surface area contributed by atoms with Gasteiger partial charge in [0.25, 0.3) is 0 Å². The molecule has 0 rings (SSSR count). The Balaban J connectivity index is 2.95. The highest BCUT2D eigenvalue weighted by molar-refractivity contribution is 5.46. The van der Waals surface area contributed by atoms with Crippen molar-refractivity contribution in [2.75, 3.05) is 39.9 Å². The van der Waals surface area contributed by atoms with Crippen molar-refractivity contribution in [2.24, 2.45) is 0 Å². The van der Waals surface area contributed by atoms with Gasteiger partial charge in [-0.2, -0.15) is 0 Å². The molecule has 72 valence electrons. The van der Waals surface area contributed by atoms with Crippen molar-refractivity contribution in [3.63, 3.8) is 0 Å². The second-order valence-corrected chi connectivity index (χ2v) is 2.53. The molecule has 0 saturated heterocycles. The highest BCUT2D eigenvalue weighted by Gasteiger charge is 1.91. The normalized spacial score (nSPS) is 9.83. The van der Waals surface area contributed by atoms with E-state index in [1.165, 1.54) is 0 Å².